The van der Waals surface area contributed by atoms with Gasteiger partial charge in [-0.3, -0.25) is 19.8 Å². The van der Waals surface area contributed by atoms with Crippen LogP contribution in [0.3, 0.4) is 0 Å². The number of nitro groups is 1. The molecule has 7 nitrogen and oxygen atoms in total. The molecule has 1 aliphatic carbocycles. The molecular formula is C19H20FN3O4. The Labute approximate surface area is 155 Å². The summed E-state index contributed by atoms with van der Waals surface area (Å²) in [6, 6.07) is 10.6. The number of halogens is 1. The van der Waals surface area contributed by atoms with Crippen LogP contribution in [0.5, 0.6) is 5.75 Å². The summed E-state index contributed by atoms with van der Waals surface area (Å²) >= 11 is 0. The zero-order chi connectivity index (χ0) is 19.4. The van der Waals surface area contributed by atoms with Crippen LogP contribution >= 0.6 is 0 Å². The molecule has 1 amide bonds. The van der Waals surface area contributed by atoms with Crippen LogP contribution < -0.4 is 10.1 Å². The Hall–Kier alpha value is -3.00. The number of carbonyl (C=O) groups is 1. The molecule has 0 heterocycles. The average Bonchev–Trinajstić information content (AvgIpc) is 3.48. The Bertz CT molecular complexity index is 837. The van der Waals surface area contributed by atoms with Crippen molar-refractivity contribution in [3.63, 3.8) is 0 Å². The van der Waals surface area contributed by atoms with E-state index in [9.17, 15) is 19.3 Å². The fourth-order valence-electron chi connectivity index (χ4n) is 2.86. The van der Waals surface area contributed by atoms with Gasteiger partial charge < -0.3 is 10.1 Å². The van der Waals surface area contributed by atoms with Gasteiger partial charge in [0.2, 0.25) is 5.91 Å². The summed E-state index contributed by atoms with van der Waals surface area (Å²) in [6.45, 7) is 0.665. The lowest BCUT2D eigenvalue weighted by Gasteiger charge is -2.22. The van der Waals surface area contributed by atoms with Crippen LogP contribution in [0, 0.1) is 15.9 Å². The molecule has 142 valence electrons. The van der Waals surface area contributed by atoms with E-state index in [0.717, 1.165) is 18.4 Å². The van der Waals surface area contributed by atoms with E-state index in [2.05, 4.69) is 5.32 Å². The number of methoxy groups -OCH3 is 1. The molecule has 0 saturated heterocycles. The molecule has 1 N–H and O–H groups in total. The molecule has 2 aromatic rings. The summed E-state index contributed by atoms with van der Waals surface area (Å²) in [4.78, 5) is 25.0. The summed E-state index contributed by atoms with van der Waals surface area (Å²) in [5, 5.41) is 13.7. The number of rotatable bonds is 8. The van der Waals surface area contributed by atoms with Gasteiger partial charge in [-0.15, -0.1) is 0 Å². The van der Waals surface area contributed by atoms with Crippen LogP contribution in [0.4, 0.5) is 15.8 Å². The molecule has 0 bridgehead atoms. The predicted molar refractivity (Wildman–Crippen MR) is 98.1 cm³/mol. The van der Waals surface area contributed by atoms with Gasteiger partial charge in [-0.2, -0.15) is 0 Å². The maximum absolute atomic E-state index is 13.1. The number of carbonyl (C=O) groups excluding carboxylic acids is 1. The van der Waals surface area contributed by atoms with Crippen LogP contribution in [0.25, 0.3) is 0 Å². The first-order chi connectivity index (χ1) is 13.0. The van der Waals surface area contributed by atoms with E-state index < -0.39 is 4.92 Å². The third-order valence-corrected chi connectivity index (χ3v) is 4.38. The molecule has 0 unspecified atom stereocenters. The van der Waals surface area contributed by atoms with Crippen molar-refractivity contribution in [1.82, 2.24) is 4.90 Å². The van der Waals surface area contributed by atoms with E-state index in [-0.39, 0.29) is 29.6 Å². The van der Waals surface area contributed by atoms with Crippen molar-refractivity contribution < 1.29 is 18.8 Å². The second-order valence-electron chi connectivity index (χ2n) is 6.45. The monoisotopic (exact) mass is 373 g/mol. The lowest BCUT2D eigenvalue weighted by atomic mass is 10.2. The predicted octanol–water partition coefficient (Wildman–Crippen LogP) is 3.35. The van der Waals surface area contributed by atoms with Gasteiger partial charge in [-0.05, 0) is 36.6 Å². The number of nitrogens with zero attached hydrogens (tertiary/aromatic N) is 2. The number of benzene rings is 2. The van der Waals surface area contributed by atoms with Gasteiger partial charge in [-0.1, -0.05) is 12.1 Å². The highest BCUT2D eigenvalue weighted by Gasteiger charge is 2.30. The molecular weight excluding hydrogens is 353 g/mol. The Kier molecular flexibility index (Phi) is 5.66. The topological polar surface area (TPSA) is 84.7 Å². The molecule has 8 heteroatoms. The molecule has 0 radical (unpaired) electrons. The zero-order valence-corrected chi connectivity index (χ0v) is 14.9. The van der Waals surface area contributed by atoms with E-state index in [4.69, 9.17) is 4.74 Å². The van der Waals surface area contributed by atoms with Crippen LogP contribution in [-0.2, 0) is 11.3 Å². The van der Waals surface area contributed by atoms with Gasteiger partial charge in [0.25, 0.3) is 5.69 Å². The standard InChI is InChI=1S/C19H20FN3O4/c1-27-18-9-8-16(23(25)26)10-17(18)21-19(24)12-22(15-6-7-15)11-13-2-4-14(20)5-3-13/h2-5,8-10,15H,6-7,11-12H2,1H3,(H,21,24). The van der Waals surface area contributed by atoms with Crippen LogP contribution in [-0.4, -0.2) is 35.4 Å². The molecule has 1 aliphatic rings. The maximum atomic E-state index is 13.1. The highest BCUT2D eigenvalue weighted by Crippen LogP contribution is 2.30. The lowest BCUT2D eigenvalue weighted by Crippen LogP contribution is -2.34. The Morgan fingerprint density at radius 1 is 1.30 bits per heavy atom. The minimum Gasteiger partial charge on any atom is -0.495 e. The maximum Gasteiger partial charge on any atom is 0.271 e. The molecule has 27 heavy (non-hydrogen) atoms. The largest absolute Gasteiger partial charge is 0.495 e. The van der Waals surface area contributed by atoms with E-state index in [1.54, 1.807) is 12.1 Å². The molecule has 0 atom stereocenters. The second kappa shape index (κ2) is 8.13. The van der Waals surface area contributed by atoms with Gasteiger partial charge in [-0.25, -0.2) is 4.39 Å². The van der Waals surface area contributed by atoms with Crippen molar-refractivity contribution >= 4 is 17.3 Å². The summed E-state index contributed by atoms with van der Waals surface area (Å²) in [5.74, 6) is -0.236. The first-order valence-electron chi connectivity index (χ1n) is 8.57. The van der Waals surface area contributed by atoms with Crippen molar-refractivity contribution in [3.8, 4) is 5.75 Å². The Morgan fingerprint density at radius 2 is 2.00 bits per heavy atom. The number of nitro benzene ring substituents is 1. The SMILES string of the molecule is COc1ccc([N+](=O)[O-])cc1NC(=O)CN(Cc1ccc(F)cc1)C1CC1. The summed E-state index contributed by atoms with van der Waals surface area (Å²) in [6.07, 6.45) is 2.02. The van der Waals surface area contributed by atoms with Crippen molar-refractivity contribution in [2.24, 2.45) is 0 Å². The molecule has 1 fully saturated rings. The number of hydrogen-bond acceptors (Lipinski definition) is 5. The first-order valence-corrected chi connectivity index (χ1v) is 8.57. The second-order valence-corrected chi connectivity index (χ2v) is 6.45. The van der Waals surface area contributed by atoms with Crippen LogP contribution in [0.1, 0.15) is 18.4 Å². The number of non-ortho nitro benzene ring substituents is 1. The number of ether oxygens (including phenoxy) is 1. The van der Waals surface area contributed by atoms with Crippen molar-refractivity contribution in [2.75, 3.05) is 19.0 Å². The average molecular weight is 373 g/mol. The highest BCUT2D eigenvalue weighted by atomic mass is 19.1. The molecule has 3 rings (SSSR count). The van der Waals surface area contributed by atoms with Crippen LogP contribution in [0.15, 0.2) is 42.5 Å². The summed E-state index contributed by atoms with van der Waals surface area (Å²) < 4.78 is 18.2. The molecule has 0 aliphatic heterocycles. The summed E-state index contributed by atoms with van der Waals surface area (Å²) in [7, 11) is 1.43. The number of anilines is 1. The van der Waals surface area contributed by atoms with Gasteiger partial charge in [0.05, 0.1) is 24.3 Å². The van der Waals surface area contributed by atoms with Crippen molar-refractivity contribution in [2.45, 2.75) is 25.4 Å². The Balaban J connectivity index is 1.68. The smallest absolute Gasteiger partial charge is 0.271 e. The summed E-state index contributed by atoms with van der Waals surface area (Å²) in [5.41, 5.74) is 1.05. The van der Waals surface area contributed by atoms with Crippen LogP contribution in [0.2, 0.25) is 0 Å². The van der Waals surface area contributed by atoms with Gasteiger partial charge >= 0.3 is 0 Å². The van der Waals surface area contributed by atoms with E-state index in [1.165, 1.54) is 37.4 Å². The lowest BCUT2D eigenvalue weighted by molar-refractivity contribution is -0.384. The minimum atomic E-state index is -0.528. The molecule has 0 spiro atoms. The highest BCUT2D eigenvalue weighted by molar-refractivity contribution is 5.94. The minimum absolute atomic E-state index is 0.128. The van der Waals surface area contributed by atoms with Gasteiger partial charge in [0.1, 0.15) is 11.6 Å². The third-order valence-electron chi connectivity index (χ3n) is 4.38. The normalized spacial score (nSPS) is 13.4. The van der Waals surface area contributed by atoms with E-state index in [0.29, 0.717) is 18.3 Å². The van der Waals surface area contributed by atoms with Gasteiger partial charge in [0, 0.05) is 24.7 Å². The van der Waals surface area contributed by atoms with Crippen molar-refractivity contribution in [1.29, 1.82) is 0 Å². The molecule has 2 aromatic carbocycles. The number of nitrogens with one attached hydrogen (secondary N) is 1. The quantitative estimate of drug-likeness (QED) is 0.567. The molecule has 0 aromatic heterocycles. The van der Waals surface area contributed by atoms with E-state index in [1.807, 2.05) is 4.90 Å². The fraction of sp³-hybridized carbons (Fsp3) is 0.316. The fourth-order valence-corrected chi connectivity index (χ4v) is 2.86. The molecule has 1 saturated carbocycles. The first kappa shape index (κ1) is 18.8. The third kappa shape index (κ3) is 5.01. The number of hydrogen-bond donors (Lipinski definition) is 1. The Morgan fingerprint density at radius 3 is 2.59 bits per heavy atom. The zero-order valence-electron chi connectivity index (χ0n) is 14.9. The van der Waals surface area contributed by atoms with E-state index >= 15 is 0 Å². The number of amides is 1. The van der Waals surface area contributed by atoms with Crippen molar-refractivity contribution in [3.05, 3.63) is 64.0 Å². The van der Waals surface area contributed by atoms with Gasteiger partial charge in [0.15, 0.2) is 0 Å².